The van der Waals surface area contributed by atoms with Gasteiger partial charge in [-0.25, -0.2) is 14.6 Å². The zero-order valence-corrected chi connectivity index (χ0v) is 10.2. The molecule has 0 aliphatic carbocycles. The molecule has 0 spiro atoms. The summed E-state index contributed by atoms with van der Waals surface area (Å²) in [6.45, 7) is 1.56. The topological polar surface area (TPSA) is 70.8 Å². The molecule has 0 bridgehead atoms. The molecule has 6 heteroatoms. The summed E-state index contributed by atoms with van der Waals surface area (Å²) in [5, 5.41) is 0.307. The van der Waals surface area contributed by atoms with Crippen molar-refractivity contribution < 1.29 is 19.3 Å². The molecule has 0 atom stereocenters. The van der Waals surface area contributed by atoms with E-state index in [0.717, 1.165) is 19.6 Å². The molecular formula is C11H14ClNO4. The van der Waals surface area contributed by atoms with Gasteiger partial charge in [-0.15, -0.1) is 0 Å². The molecule has 5 nitrogen and oxygen atoms in total. The molecule has 1 aliphatic heterocycles. The average molecular weight is 260 g/mol. The van der Waals surface area contributed by atoms with Gasteiger partial charge < -0.3 is 10.5 Å². The van der Waals surface area contributed by atoms with E-state index in [1.165, 1.54) is 7.11 Å². The number of rotatable bonds is 1. The lowest BCUT2D eigenvalue weighted by molar-refractivity contribution is -0.248. The molecule has 94 valence electrons. The third kappa shape index (κ3) is 4.22. The molecule has 1 aromatic rings. The molecule has 1 fully saturated rings. The Bertz CT molecular complexity index is 352. The van der Waals surface area contributed by atoms with Gasteiger partial charge in [0.05, 0.1) is 25.3 Å². The van der Waals surface area contributed by atoms with Crippen LogP contribution in [0.1, 0.15) is 16.8 Å². The number of nitrogens with two attached hydrogens (primary N) is 1. The molecule has 1 aromatic carbocycles. The van der Waals surface area contributed by atoms with Crippen molar-refractivity contribution in [3.8, 4) is 0 Å². The number of hydrogen-bond donors (Lipinski definition) is 1. The van der Waals surface area contributed by atoms with Crippen molar-refractivity contribution in [2.45, 2.75) is 6.42 Å². The fourth-order valence-corrected chi connectivity index (χ4v) is 1.41. The van der Waals surface area contributed by atoms with Crippen LogP contribution in [0.2, 0.25) is 5.02 Å². The Labute approximate surface area is 104 Å². The maximum atomic E-state index is 11.1. The maximum absolute atomic E-state index is 11.1. The molecule has 1 saturated heterocycles. The lowest BCUT2D eigenvalue weighted by atomic mass is 10.2. The molecule has 17 heavy (non-hydrogen) atoms. The Balaban J connectivity index is 0.000000239. The Kier molecular flexibility index (Phi) is 5.76. The lowest BCUT2D eigenvalue weighted by Gasteiger charge is -2.04. The zero-order chi connectivity index (χ0) is 12.7. The van der Waals surface area contributed by atoms with Gasteiger partial charge in [0.15, 0.2) is 0 Å². The first-order valence-electron chi connectivity index (χ1n) is 5.03. The molecule has 2 N–H and O–H groups in total. The number of nitrogen functional groups attached to an aromatic ring is 1. The fourth-order valence-electron chi connectivity index (χ4n) is 1.15. The first-order chi connectivity index (χ1) is 8.16. The van der Waals surface area contributed by atoms with E-state index in [0.29, 0.717) is 10.7 Å². The van der Waals surface area contributed by atoms with Gasteiger partial charge in [-0.3, -0.25) is 0 Å². The highest BCUT2D eigenvalue weighted by atomic mass is 35.5. The molecule has 0 aromatic heterocycles. The second-order valence-corrected chi connectivity index (χ2v) is 3.60. The van der Waals surface area contributed by atoms with E-state index in [9.17, 15) is 4.79 Å². The van der Waals surface area contributed by atoms with Gasteiger partial charge in [0.2, 0.25) is 0 Å². The molecule has 2 rings (SSSR count). The van der Waals surface area contributed by atoms with E-state index in [1.54, 1.807) is 18.2 Å². The van der Waals surface area contributed by atoms with Crippen molar-refractivity contribution in [1.82, 2.24) is 0 Å². The third-order valence-electron chi connectivity index (χ3n) is 1.97. The van der Waals surface area contributed by atoms with Crippen LogP contribution in [-0.2, 0) is 14.5 Å². The van der Waals surface area contributed by atoms with Crippen molar-refractivity contribution in [1.29, 1.82) is 0 Å². The monoisotopic (exact) mass is 259 g/mol. The number of anilines is 1. The van der Waals surface area contributed by atoms with Gasteiger partial charge in [0.1, 0.15) is 5.56 Å². The summed E-state index contributed by atoms with van der Waals surface area (Å²) in [7, 11) is 1.28. The van der Waals surface area contributed by atoms with Gasteiger partial charge in [0.25, 0.3) is 0 Å². The van der Waals surface area contributed by atoms with Gasteiger partial charge in [-0.1, -0.05) is 17.7 Å². The lowest BCUT2D eigenvalue weighted by Crippen LogP contribution is -2.05. The van der Waals surface area contributed by atoms with Gasteiger partial charge in [-0.05, 0) is 12.1 Å². The minimum absolute atomic E-state index is 0.224. The van der Waals surface area contributed by atoms with E-state index in [2.05, 4.69) is 14.5 Å². The zero-order valence-electron chi connectivity index (χ0n) is 9.44. The van der Waals surface area contributed by atoms with Crippen LogP contribution in [0.5, 0.6) is 0 Å². The number of halogens is 1. The normalized spacial score (nSPS) is 13.8. The van der Waals surface area contributed by atoms with Crippen LogP contribution in [0.3, 0.4) is 0 Å². The van der Waals surface area contributed by atoms with Crippen molar-refractivity contribution in [2.24, 2.45) is 0 Å². The number of esters is 1. The molecule has 0 radical (unpaired) electrons. The van der Waals surface area contributed by atoms with Crippen LogP contribution in [0.15, 0.2) is 18.2 Å². The number of hydrogen-bond acceptors (Lipinski definition) is 5. The first-order valence-corrected chi connectivity index (χ1v) is 5.41. The molecule has 0 amide bonds. The van der Waals surface area contributed by atoms with E-state index in [-0.39, 0.29) is 5.56 Å². The third-order valence-corrected chi connectivity index (χ3v) is 2.29. The van der Waals surface area contributed by atoms with Crippen LogP contribution < -0.4 is 5.73 Å². The van der Waals surface area contributed by atoms with Crippen LogP contribution in [0.4, 0.5) is 5.69 Å². The van der Waals surface area contributed by atoms with Gasteiger partial charge >= 0.3 is 5.97 Å². The number of ether oxygens (including phenoxy) is 1. The standard InChI is InChI=1S/C8H8ClNO2.C3H6O2/c1-12-8(11)7-5(9)3-2-4-6(7)10;1-2-4-5-3-1/h2-4H,10H2,1H3;1-3H2. The predicted octanol–water partition coefficient (Wildman–Crippen LogP) is 2.05. The summed E-state index contributed by atoms with van der Waals surface area (Å²) in [4.78, 5) is 20.0. The summed E-state index contributed by atoms with van der Waals surface area (Å²) in [6, 6.07) is 4.85. The highest BCUT2D eigenvalue weighted by molar-refractivity contribution is 6.34. The number of carbonyl (C=O) groups excluding carboxylic acids is 1. The van der Waals surface area contributed by atoms with Gasteiger partial charge in [-0.2, -0.15) is 0 Å². The highest BCUT2D eigenvalue weighted by Crippen LogP contribution is 2.22. The summed E-state index contributed by atoms with van der Waals surface area (Å²) >= 11 is 5.72. The molecule has 1 heterocycles. The minimum atomic E-state index is -0.516. The Morgan fingerprint density at radius 2 is 2.06 bits per heavy atom. The molecule has 1 aliphatic rings. The molecule has 0 saturated carbocycles. The Morgan fingerprint density at radius 1 is 1.41 bits per heavy atom. The van der Waals surface area contributed by atoms with Crippen molar-refractivity contribution in [3.63, 3.8) is 0 Å². The fraction of sp³-hybridized carbons (Fsp3) is 0.364. The van der Waals surface area contributed by atoms with E-state index >= 15 is 0 Å². The second-order valence-electron chi connectivity index (χ2n) is 3.19. The molecule has 0 unspecified atom stereocenters. The largest absolute Gasteiger partial charge is 0.465 e. The Morgan fingerprint density at radius 3 is 2.47 bits per heavy atom. The quantitative estimate of drug-likeness (QED) is 0.475. The predicted molar refractivity (Wildman–Crippen MR) is 63.7 cm³/mol. The van der Waals surface area contributed by atoms with Crippen LogP contribution in [0.25, 0.3) is 0 Å². The van der Waals surface area contributed by atoms with Crippen molar-refractivity contribution >= 4 is 23.3 Å². The first kappa shape index (κ1) is 13.8. The summed E-state index contributed by atoms with van der Waals surface area (Å²) in [5.74, 6) is -0.516. The summed E-state index contributed by atoms with van der Waals surface area (Å²) < 4.78 is 4.49. The van der Waals surface area contributed by atoms with E-state index in [4.69, 9.17) is 17.3 Å². The summed E-state index contributed by atoms with van der Waals surface area (Å²) in [6.07, 6.45) is 1.06. The highest BCUT2D eigenvalue weighted by Gasteiger charge is 2.13. The minimum Gasteiger partial charge on any atom is -0.465 e. The van der Waals surface area contributed by atoms with Crippen LogP contribution >= 0.6 is 11.6 Å². The number of methoxy groups -OCH3 is 1. The smallest absolute Gasteiger partial charge is 0.341 e. The summed E-state index contributed by atoms with van der Waals surface area (Å²) in [5.41, 5.74) is 6.06. The second kappa shape index (κ2) is 7.11. The Hall–Kier alpha value is -1.30. The SMILES string of the molecule is C1COOC1.COC(=O)c1c(N)cccc1Cl. The number of benzene rings is 1. The van der Waals surface area contributed by atoms with Gasteiger partial charge in [0, 0.05) is 12.1 Å². The van der Waals surface area contributed by atoms with E-state index < -0.39 is 5.97 Å². The number of carbonyl (C=O) groups is 1. The van der Waals surface area contributed by atoms with Crippen LogP contribution in [-0.4, -0.2) is 26.3 Å². The van der Waals surface area contributed by atoms with Crippen molar-refractivity contribution in [3.05, 3.63) is 28.8 Å². The molecular weight excluding hydrogens is 246 g/mol. The maximum Gasteiger partial charge on any atom is 0.341 e. The average Bonchev–Trinajstić information content (AvgIpc) is 2.87. The van der Waals surface area contributed by atoms with Crippen molar-refractivity contribution in [2.75, 3.05) is 26.1 Å². The van der Waals surface area contributed by atoms with E-state index in [1.807, 2.05) is 0 Å². The van der Waals surface area contributed by atoms with Crippen LogP contribution in [0, 0.1) is 0 Å².